The van der Waals surface area contributed by atoms with Crippen molar-refractivity contribution in [3.05, 3.63) is 35.4 Å². The highest BCUT2D eigenvalue weighted by Crippen LogP contribution is 2.40. The lowest BCUT2D eigenvalue weighted by molar-refractivity contribution is -0.0351. The molecule has 0 radical (unpaired) electrons. The minimum Gasteiger partial charge on any atom is -0.385 e. The second-order valence-electron chi connectivity index (χ2n) is 9.60. The molecule has 0 aromatic heterocycles. The van der Waals surface area contributed by atoms with E-state index >= 15 is 0 Å². The van der Waals surface area contributed by atoms with Gasteiger partial charge in [0, 0.05) is 11.3 Å². The number of benzene rings is 1. The zero-order valence-electron chi connectivity index (χ0n) is 19.6. The summed E-state index contributed by atoms with van der Waals surface area (Å²) in [5.74, 6) is 0.691. The standard InChI is InChI=1S/C27H46ClNO/c1-3-5-7-9-13-25(21-29)27(30,19-10-8-6-4-2)24-17-15-22(16-18-24)23-12-11-14-26(28)20-23/h15-18,23,25-26,30H,3-14,19-21,29H2,1-2H3. The van der Waals surface area contributed by atoms with Crippen LogP contribution in [0.1, 0.15) is 121 Å². The molecule has 3 N–H and O–H groups in total. The van der Waals surface area contributed by atoms with Gasteiger partial charge in [-0.2, -0.15) is 0 Å². The molecule has 4 unspecified atom stereocenters. The first-order valence-electron chi connectivity index (χ1n) is 12.7. The zero-order chi connectivity index (χ0) is 21.8. The van der Waals surface area contributed by atoms with Crippen molar-refractivity contribution < 1.29 is 5.11 Å². The zero-order valence-corrected chi connectivity index (χ0v) is 20.3. The number of hydrogen-bond donors (Lipinski definition) is 2. The van der Waals surface area contributed by atoms with Gasteiger partial charge in [-0.05, 0) is 55.7 Å². The summed E-state index contributed by atoms with van der Waals surface area (Å²) in [5, 5.41) is 12.2. The van der Waals surface area contributed by atoms with Crippen LogP contribution in [0.2, 0.25) is 0 Å². The number of hydrogen-bond acceptors (Lipinski definition) is 2. The number of alkyl halides is 1. The molecule has 30 heavy (non-hydrogen) atoms. The van der Waals surface area contributed by atoms with Crippen LogP contribution in [0.5, 0.6) is 0 Å². The first kappa shape index (κ1) is 25.7. The van der Waals surface area contributed by atoms with Crippen LogP contribution in [0.4, 0.5) is 0 Å². The van der Waals surface area contributed by atoms with Crippen LogP contribution in [-0.2, 0) is 5.60 Å². The third-order valence-electron chi connectivity index (χ3n) is 7.27. The molecule has 0 heterocycles. The number of rotatable bonds is 14. The van der Waals surface area contributed by atoms with E-state index < -0.39 is 5.60 Å². The Kier molecular flexibility index (Phi) is 11.8. The van der Waals surface area contributed by atoms with E-state index in [0.29, 0.717) is 17.8 Å². The average Bonchev–Trinajstić information content (AvgIpc) is 2.77. The quantitative estimate of drug-likeness (QED) is 0.232. The number of nitrogens with two attached hydrogens (primary N) is 1. The number of unbranched alkanes of at least 4 members (excludes halogenated alkanes) is 6. The minimum atomic E-state index is -0.811. The second-order valence-corrected chi connectivity index (χ2v) is 10.2. The Morgan fingerprint density at radius 3 is 2.27 bits per heavy atom. The van der Waals surface area contributed by atoms with E-state index in [1.54, 1.807) is 0 Å². The Morgan fingerprint density at radius 1 is 1.00 bits per heavy atom. The molecule has 1 aliphatic rings. The maximum absolute atomic E-state index is 11.9. The van der Waals surface area contributed by atoms with Crippen molar-refractivity contribution in [3.63, 3.8) is 0 Å². The molecule has 1 aromatic carbocycles. The Morgan fingerprint density at radius 2 is 1.67 bits per heavy atom. The van der Waals surface area contributed by atoms with Crippen LogP contribution >= 0.6 is 11.6 Å². The first-order chi connectivity index (χ1) is 14.5. The van der Waals surface area contributed by atoms with Gasteiger partial charge in [0.2, 0.25) is 0 Å². The molecule has 3 heteroatoms. The smallest absolute Gasteiger partial charge is 0.0936 e. The molecule has 0 saturated heterocycles. The summed E-state index contributed by atoms with van der Waals surface area (Å²) in [7, 11) is 0. The van der Waals surface area contributed by atoms with E-state index in [1.165, 1.54) is 56.9 Å². The Labute approximate surface area is 191 Å². The highest BCUT2D eigenvalue weighted by Gasteiger charge is 2.37. The van der Waals surface area contributed by atoms with Gasteiger partial charge in [-0.3, -0.25) is 0 Å². The lowest BCUT2D eigenvalue weighted by Crippen LogP contribution is -2.39. The number of halogens is 1. The predicted octanol–water partition coefficient (Wildman–Crippen LogP) is 7.65. The fourth-order valence-corrected chi connectivity index (χ4v) is 5.62. The summed E-state index contributed by atoms with van der Waals surface area (Å²) in [6, 6.07) is 8.86. The van der Waals surface area contributed by atoms with Crippen LogP contribution in [0.25, 0.3) is 0 Å². The van der Waals surface area contributed by atoms with E-state index in [9.17, 15) is 5.11 Å². The third-order valence-corrected chi connectivity index (χ3v) is 7.67. The Hall–Kier alpha value is -0.570. The molecule has 0 aliphatic heterocycles. The fourth-order valence-electron chi connectivity index (χ4n) is 5.25. The van der Waals surface area contributed by atoms with E-state index in [-0.39, 0.29) is 5.92 Å². The van der Waals surface area contributed by atoms with Gasteiger partial charge in [-0.25, -0.2) is 0 Å². The summed E-state index contributed by atoms with van der Waals surface area (Å²) < 4.78 is 0. The van der Waals surface area contributed by atoms with E-state index in [1.807, 2.05) is 0 Å². The molecule has 1 fully saturated rings. The highest BCUT2D eigenvalue weighted by atomic mass is 35.5. The van der Waals surface area contributed by atoms with Gasteiger partial charge in [0.1, 0.15) is 0 Å². The molecule has 1 saturated carbocycles. The van der Waals surface area contributed by atoms with Crippen molar-refractivity contribution in [1.29, 1.82) is 0 Å². The molecular formula is C27H46ClNO. The largest absolute Gasteiger partial charge is 0.385 e. The molecule has 0 amide bonds. The molecule has 4 atom stereocenters. The lowest BCUT2D eigenvalue weighted by atomic mass is 9.74. The molecule has 2 nitrogen and oxygen atoms in total. The van der Waals surface area contributed by atoms with Gasteiger partial charge in [0.05, 0.1) is 5.60 Å². The summed E-state index contributed by atoms with van der Waals surface area (Å²) in [6.07, 6.45) is 16.1. The van der Waals surface area contributed by atoms with Gasteiger partial charge in [-0.1, -0.05) is 95.9 Å². The van der Waals surface area contributed by atoms with E-state index in [2.05, 4.69) is 38.1 Å². The third kappa shape index (κ3) is 7.53. The van der Waals surface area contributed by atoms with Crippen LogP contribution in [0.3, 0.4) is 0 Å². The first-order valence-corrected chi connectivity index (χ1v) is 13.2. The topological polar surface area (TPSA) is 46.2 Å². The van der Waals surface area contributed by atoms with Gasteiger partial charge in [0.15, 0.2) is 0 Å². The molecule has 172 valence electrons. The highest BCUT2D eigenvalue weighted by molar-refractivity contribution is 6.20. The Balaban J connectivity index is 2.15. The van der Waals surface area contributed by atoms with Gasteiger partial charge in [0.25, 0.3) is 0 Å². The maximum atomic E-state index is 11.9. The normalized spacial score (nSPS) is 22.6. The summed E-state index contributed by atoms with van der Waals surface area (Å²) in [5.41, 5.74) is 7.86. The van der Waals surface area contributed by atoms with E-state index in [0.717, 1.165) is 44.1 Å². The molecule has 2 rings (SSSR count). The van der Waals surface area contributed by atoms with Crippen LogP contribution in [0.15, 0.2) is 24.3 Å². The van der Waals surface area contributed by atoms with Gasteiger partial charge < -0.3 is 10.8 Å². The average molecular weight is 436 g/mol. The Bertz CT molecular complexity index is 575. The molecule has 1 aliphatic carbocycles. The van der Waals surface area contributed by atoms with Gasteiger partial charge >= 0.3 is 0 Å². The van der Waals surface area contributed by atoms with Crippen molar-refractivity contribution in [1.82, 2.24) is 0 Å². The van der Waals surface area contributed by atoms with Crippen LogP contribution in [-0.4, -0.2) is 17.0 Å². The number of aliphatic hydroxyl groups is 1. The van der Waals surface area contributed by atoms with Crippen molar-refractivity contribution in [3.8, 4) is 0 Å². The minimum absolute atomic E-state index is 0.128. The molecule has 0 bridgehead atoms. The second kappa shape index (κ2) is 13.8. The monoisotopic (exact) mass is 435 g/mol. The molecule has 0 spiro atoms. The van der Waals surface area contributed by atoms with Crippen molar-refractivity contribution in [2.45, 2.75) is 121 Å². The summed E-state index contributed by atoms with van der Waals surface area (Å²) in [6.45, 7) is 5.03. The predicted molar refractivity (Wildman–Crippen MR) is 131 cm³/mol. The molecular weight excluding hydrogens is 390 g/mol. The van der Waals surface area contributed by atoms with Crippen molar-refractivity contribution >= 4 is 11.6 Å². The maximum Gasteiger partial charge on any atom is 0.0936 e. The van der Waals surface area contributed by atoms with Crippen LogP contribution < -0.4 is 5.73 Å². The fraction of sp³-hybridized carbons (Fsp3) is 0.778. The lowest BCUT2D eigenvalue weighted by Gasteiger charge is -2.37. The SMILES string of the molecule is CCCCCCC(CN)C(O)(CCCCCC)c1ccc(C2CCCC(Cl)C2)cc1. The van der Waals surface area contributed by atoms with Crippen LogP contribution in [0, 0.1) is 5.92 Å². The summed E-state index contributed by atoms with van der Waals surface area (Å²) in [4.78, 5) is 0. The van der Waals surface area contributed by atoms with Crippen molar-refractivity contribution in [2.75, 3.05) is 6.54 Å². The van der Waals surface area contributed by atoms with Gasteiger partial charge in [-0.15, -0.1) is 11.6 Å². The summed E-state index contributed by atoms with van der Waals surface area (Å²) >= 11 is 6.43. The van der Waals surface area contributed by atoms with E-state index in [4.69, 9.17) is 17.3 Å². The molecule has 1 aromatic rings. The van der Waals surface area contributed by atoms with Crippen molar-refractivity contribution in [2.24, 2.45) is 11.7 Å².